The largest absolute Gasteiger partial charge is 0.432 e. The summed E-state index contributed by atoms with van der Waals surface area (Å²) in [7, 11) is 0. The molecule has 0 aromatic heterocycles. The van der Waals surface area contributed by atoms with Gasteiger partial charge in [-0.25, -0.2) is 4.36 Å². The van der Waals surface area contributed by atoms with E-state index in [-0.39, 0.29) is 0 Å². The fraction of sp³-hybridized carbons (Fsp3) is 0.857. The van der Waals surface area contributed by atoms with Crippen molar-refractivity contribution in [2.75, 3.05) is 0 Å². The summed E-state index contributed by atoms with van der Waals surface area (Å²) in [6, 6.07) is 0. The molecular formula is C7H9F6NS. The van der Waals surface area contributed by atoms with E-state index in [1.807, 2.05) is 0 Å². The normalized spacial score (nSPS) is 13.7. The fourth-order valence-electron chi connectivity index (χ4n) is 0.447. The van der Waals surface area contributed by atoms with E-state index in [0.717, 1.165) is 0 Å². The lowest BCUT2D eigenvalue weighted by Crippen LogP contribution is -2.37. The van der Waals surface area contributed by atoms with E-state index in [9.17, 15) is 26.3 Å². The van der Waals surface area contributed by atoms with E-state index < -0.39 is 33.9 Å². The first-order chi connectivity index (χ1) is 6.34. The summed E-state index contributed by atoms with van der Waals surface area (Å²) in [6.07, 6.45) is -10.8. The molecular weight excluding hydrogens is 244 g/mol. The van der Waals surface area contributed by atoms with Crippen molar-refractivity contribution < 1.29 is 26.3 Å². The van der Waals surface area contributed by atoms with Gasteiger partial charge in [-0.05, 0) is 31.9 Å². The molecule has 0 aliphatic heterocycles. The molecule has 0 saturated carbocycles. The Labute approximate surface area is 86.2 Å². The standard InChI is InChI=1S/C7H9F6NS/c1-5(2,3)14-15-4(6(8,9)10)7(11,12)13/h1-3H3. The SMILES string of the molecule is CC(C)(C)N=S=C(C(F)(F)F)C(F)(F)F. The quantitative estimate of drug-likeness (QED) is 0.463. The topological polar surface area (TPSA) is 12.4 Å². The average Bonchev–Trinajstić information content (AvgIpc) is 1.75. The summed E-state index contributed by atoms with van der Waals surface area (Å²) in [4.78, 5) is -2.55. The van der Waals surface area contributed by atoms with E-state index in [4.69, 9.17) is 0 Å². The Morgan fingerprint density at radius 3 is 1.40 bits per heavy atom. The first-order valence-corrected chi connectivity index (χ1v) is 4.52. The van der Waals surface area contributed by atoms with Crippen LogP contribution in [0.4, 0.5) is 26.3 Å². The summed E-state index contributed by atoms with van der Waals surface area (Å²) in [5, 5.41) is 0. The fourth-order valence-corrected chi connectivity index (χ4v) is 1.02. The van der Waals surface area contributed by atoms with Crippen LogP contribution in [0.5, 0.6) is 0 Å². The van der Waals surface area contributed by atoms with Gasteiger partial charge in [-0.15, -0.1) is 0 Å². The number of nitrogens with zero attached hydrogens (tertiary/aromatic N) is 1. The van der Waals surface area contributed by atoms with Crippen LogP contribution in [0.3, 0.4) is 0 Å². The van der Waals surface area contributed by atoms with Crippen LogP contribution in [0.2, 0.25) is 0 Å². The second kappa shape index (κ2) is 4.15. The molecule has 1 nitrogen and oxygen atoms in total. The zero-order chi connectivity index (χ0) is 12.5. The average molecular weight is 253 g/mol. The van der Waals surface area contributed by atoms with Gasteiger partial charge in [0, 0.05) is 0 Å². The molecule has 0 saturated heterocycles. The predicted molar refractivity (Wildman–Crippen MR) is 46.7 cm³/mol. The zero-order valence-corrected chi connectivity index (χ0v) is 8.94. The number of hydrogen-bond acceptors (Lipinski definition) is 1. The lowest BCUT2D eigenvalue weighted by atomic mass is 10.1. The molecule has 0 unspecified atom stereocenters. The van der Waals surface area contributed by atoms with Gasteiger partial charge in [0.2, 0.25) is 4.86 Å². The van der Waals surface area contributed by atoms with Crippen LogP contribution in [0, 0.1) is 0 Å². The Bertz CT molecular complexity index is 272. The molecule has 0 heterocycles. The van der Waals surface area contributed by atoms with E-state index in [1.165, 1.54) is 20.8 Å². The minimum Gasteiger partial charge on any atom is -0.224 e. The molecule has 0 amide bonds. The molecule has 0 aliphatic carbocycles. The zero-order valence-electron chi connectivity index (χ0n) is 8.12. The van der Waals surface area contributed by atoms with Crippen LogP contribution >= 0.6 is 0 Å². The molecule has 0 rings (SSSR count). The van der Waals surface area contributed by atoms with Crippen molar-refractivity contribution in [3.63, 3.8) is 0 Å². The number of hydrogen-bond donors (Lipinski definition) is 0. The first kappa shape index (κ1) is 14.5. The Balaban J connectivity index is 5.44. The highest BCUT2D eigenvalue weighted by Crippen LogP contribution is 2.29. The van der Waals surface area contributed by atoms with Crippen LogP contribution in [0.25, 0.3) is 0 Å². The molecule has 0 aromatic carbocycles. The highest BCUT2D eigenvalue weighted by molar-refractivity contribution is 7.69. The second-order valence-electron chi connectivity index (χ2n) is 3.68. The van der Waals surface area contributed by atoms with Crippen molar-refractivity contribution in [1.29, 1.82) is 0 Å². The van der Waals surface area contributed by atoms with Gasteiger partial charge in [-0.2, -0.15) is 26.3 Å². The number of alkyl halides is 6. The summed E-state index contributed by atoms with van der Waals surface area (Å²) in [5.41, 5.74) is -0.966. The highest BCUT2D eigenvalue weighted by atomic mass is 32.1. The predicted octanol–water partition coefficient (Wildman–Crippen LogP) is 3.35. The molecule has 0 spiro atoms. The Kier molecular flexibility index (Phi) is 4.00. The van der Waals surface area contributed by atoms with Crippen molar-refractivity contribution in [1.82, 2.24) is 0 Å². The minimum absolute atomic E-state index is 0.566. The lowest BCUT2D eigenvalue weighted by Gasteiger charge is -2.13. The van der Waals surface area contributed by atoms with Crippen molar-refractivity contribution in [2.24, 2.45) is 4.36 Å². The van der Waals surface area contributed by atoms with E-state index in [0.29, 0.717) is 0 Å². The van der Waals surface area contributed by atoms with Crippen LogP contribution in [0.15, 0.2) is 4.36 Å². The van der Waals surface area contributed by atoms with Gasteiger partial charge in [0.25, 0.3) is 0 Å². The van der Waals surface area contributed by atoms with Crippen molar-refractivity contribution in [3.05, 3.63) is 0 Å². The Morgan fingerprint density at radius 2 is 1.20 bits per heavy atom. The van der Waals surface area contributed by atoms with Crippen LogP contribution in [-0.4, -0.2) is 22.8 Å². The van der Waals surface area contributed by atoms with Gasteiger partial charge < -0.3 is 0 Å². The molecule has 0 radical (unpaired) electrons. The Morgan fingerprint density at radius 1 is 0.867 bits per heavy atom. The van der Waals surface area contributed by atoms with Gasteiger partial charge in [-0.3, -0.25) is 0 Å². The summed E-state index contributed by atoms with van der Waals surface area (Å²) < 4.78 is 74.9. The summed E-state index contributed by atoms with van der Waals surface area (Å²) >= 11 is -0.566. The van der Waals surface area contributed by atoms with Crippen LogP contribution in [0.1, 0.15) is 20.8 Å². The maximum absolute atomic E-state index is 12.0. The molecule has 0 aliphatic rings. The smallest absolute Gasteiger partial charge is 0.224 e. The van der Waals surface area contributed by atoms with Crippen molar-refractivity contribution in [3.8, 4) is 0 Å². The van der Waals surface area contributed by atoms with Gasteiger partial charge in [0.05, 0.1) is 5.54 Å². The van der Waals surface area contributed by atoms with Crippen molar-refractivity contribution >= 4 is 16.0 Å². The van der Waals surface area contributed by atoms with Crippen molar-refractivity contribution in [2.45, 2.75) is 38.7 Å². The molecule has 15 heavy (non-hydrogen) atoms. The molecule has 0 fully saturated rings. The number of halogens is 6. The van der Waals surface area contributed by atoms with Gasteiger partial charge in [0.15, 0.2) is 0 Å². The van der Waals surface area contributed by atoms with Crippen LogP contribution < -0.4 is 0 Å². The maximum atomic E-state index is 12.0. The molecule has 0 bridgehead atoms. The minimum atomic E-state index is -5.42. The Hall–Kier alpha value is -0.530. The molecule has 8 heteroatoms. The summed E-state index contributed by atoms with van der Waals surface area (Å²) in [5.74, 6) is 0. The van der Waals surface area contributed by atoms with Gasteiger partial charge in [-0.1, -0.05) is 0 Å². The number of rotatable bonds is 0. The monoisotopic (exact) mass is 253 g/mol. The molecule has 0 atom stereocenters. The third-order valence-corrected chi connectivity index (χ3v) is 2.21. The highest BCUT2D eigenvalue weighted by Gasteiger charge is 2.52. The van der Waals surface area contributed by atoms with E-state index in [2.05, 4.69) is 4.36 Å². The molecule has 0 N–H and O–H groups in total. The summed E-state index contributed by atoms with van der Waals surface area (Å²) in [6.45, 7) is 4.22. The van der Waals surface area contributed by atoms with Crippen LogP contribution in [-0.2, 0) is 11.1 Å². The van der Waals surface area contributed by atoms with E-state index >= 15 is 0 Å². The molecule has 0 aromatic rings. The lowest BCUT2D eigenvalue weighted by molar-refractivity contribution is -0.113. The second-order valence-corrected chi connectivity index (χ2v) is 4.45. The maximum Gasteiger partial charge on any atom is 0.432 e. The first-order valence-electron chi connectivity index (χ1n) is 3.74. The van der Waals surface area contributed by atoms with Gasteiger partial charge >= 0.3 is 12.4 Å². The van der Waals surface area contributed by atoms with Gasteiger partial charge in [0.1, 0.15) is 0 Å². The van der Waals surface area contributed by atoms with E-state index in [1.54, 1.807) is 0 Å². The third kappa shape index (κ3) is 5.81. The molecule has 90 valence electrons. The third-order valence-electron chi connectivity index (χ3n) is 0.926.